The van der Waals surface area contributed by atoms with Gasteiger partial charge < -0.3 is 15.7 Å². The smallest absolute Gasteiger partial charge is 0.221 e. The van der Waals surface area contributed by atoms with Gasteiger partial charge >= 0.3 is 0 Å². The number of halogens is 1. The van der Waals surface area contributed by atoms with Gasteiger partial charge in [-0.15, -0.1) is 0 Å². The zero-order chi connectivity index (χ0) is 14.1. The van der Waals surface area contributed by atoms with Gasteiger partial charge in [-0.2, -0.15) is 0 Å². The number of rotatable bonds is 8. The summed E-state index contributed by atoms with van der Waals surface area (Å²) in [6, 6.07) is 6.13. The van der Waals surface area contributed by atoms with Crippen LogP contribution in [0.5, 0.6) is 0 Å². The predicted octanol–water partition coefficient (Wildman–Crippen LogP) is 1.36. The first-order chi connectivity index (χ1) is 9.15. The molecule has 1 aromatic rings. The standard InChI is InChI=1S/C14H21FN2O2/c1-2-8-17-14(19)7-9-16-10-13(18)11-5-3-4-6-12(11)15/h3-6,13,16,18H,2,7-10H2,1H3,(H,17,19). The van der Waals surface area contributed by atoms with E-state index in [1.165, 1.54) is 6.07 Å². The van der Waals surface area contributed by atoms with Crippen molar-refractivity contribution < 1.29 is 14.3 Å². The van der Waals surface area contributed by atoms with Crippen LogP contribution in [0.3, 0.4) is 0 Å². The van der Waals surface area contributed by atoms with Crippen molar-refractivity contribution in [2.75, 3.05) is 19.6 Å². The Hall–Kier alpha value is -1.46. The molecule has 0 aliphatic carbocycles. The maximum atomic E-state index is 13.4. The molecule has 3 N–H and O–H groups in total. The summed E-state index contributed by atoms with van der Waals surface area (Å²) in [5.74, 6) is -0.438. The Morgan fingerprint density at radius 3 is 2.79 bits per heavy atom. The summed E-state index contributed by atoms with van der Waals surface area (Å²) in [4.78, 5) is 11.3. The fraction of sp³-hybridized carbons (Fsp3) is 0.500. The summed E-state index contributed by atoms with van der Waals surface area (Å²) in [6.07, 6.45) is 0.356. The number of nitrogens with one attached hydrogen (secondary N) is 2. The second-order valence-electron chi connectivity index (χ2n) is 4.34. The van der Waals surface area contributed by atoms with Crippen molar-refractivity contribution in [3.63, 3.8) is 0 Å². The zero-order valence-electron chi connectivity index (χ0n) is 11.2. The molecule has 106 valence electrons. The lowest BCUT2D eigenvalue weighted by atomic mass is 10.1. The molecule has 4 nitrogen and oxygen atoms in total. The second-order valence-corrected chi connectivity index (χ2v) is 4.34. The monoisotopic (exact) mass is 268 g/mol. The van der Waals surface area contributed by atoms with E-state index in [1.54, 1.807) is 18.2 Å². The summed E-state index contributed by atoms with van der Waals surface area (Å²) < 4.78 is 13.4. The molecule has 1 atom stereocenters. The lowest BCUT2D eigenvalue weighted by Gasteiger charge is -2.12. The quantitative estimate of drug-likeness (QED) is 0.624. The average Bonchev–Trinajstić information content (AvgIpc) is 2.41. The first-order valence-corrected chi connectivity index (χ1v) is 6.55. The SMILES string of the molecule is CCCNC(=O)CCNCC(O)c1ccccc1F. The summed E-state index contributed by atoms with van der Waals surface area (Å²) in [7, 11) is 0. The number of carbonyl (C=O) groups excluding carboxylic acids is 1. The summed E-state index contributed by atoms with van der Waals surface area (Å²) in [5, 5.41) is 15.5. The molecule has 5 heteroatoms. The highest BCUT2D eigenvalue weighted by Gasteiger charge is 2.11. The van der Waals surface area contributed by atoms with Gasteiger partial charge in [-0.1, -0.05) is 25.1 Å². The topological polar surface area (TPSA) is 61.4 Å². The van der Waals surface area contributed by atoms with E-state index in [1.807, 2.05) is 6.92 Å². The van der Waals surface area contributed by atoms with E-state index in [2.05, 4.69) is 10.6 Å². The molecule has 0 fully saturated rings. The summed E-state index contributed by atoms with van der Waals surface area (Å²) >= 11 is 0. The van der Waals surface area contributed by atoms with Crippen LogP contribution in [-0.2, 0) is 4.79 Å². The molecule has 1 rings (SSSR count). The fourth-order valence-corrected chi connectivity index (χ4v) is 1.65. The van der Waals surface area contributed by atoms with Gasteiger partial charge in [0.15, 0.2) is 0 Å². The Bertz CT molecular complexity index is 399. The lowest BCUT2D eigenvalue weighted by molar-refractivity contribution is -0.121. The van der Waals surface area contributed by atoms with E-state index in [-0.39, 0.29) is 18.0 Å². The lowest BCUT2D eigenvalue weighted by Crippen LogP contribution is -2.30. The van der Waals surface area contributed by atoms with Gasteiger partial charge in [0.25, 0.3) is 0 Å². The van der Waals surface area contributed by atoms with Crippen molar-refractivity contribution in [2.45, 2.75) is 25.9 Å². The molecule has 0 radical (unpaired) electrons. The van der Waals surface area contributed by atoms with E-state index in [9.17, 15) is 14.3 Å². The normalized spacial score (nSPS) is 12.2. The highest BCUT2D eigenvalue weighted by molar-refractivity contribution is 5.75. The highest BCUT2D eigenvalue weighted by Crippen LogP contribution is 2.15. The summed E-state index contributed by atoms with van der Waals surface area (Å²) in [5.41, 5.74) is 0.269. The van der Waals surface area contributed by atoms with Crippen molar-refractivity contribution in [2.24, 2.45) is 0 Å². The van der Waals surface area contributed by atoms with Gasteiger partial charge in [-0.3, -0.25) is 4.79 Å². The first-order valence-electron chi connectivity index (χ1n) is 6.55. The third-order valence-electron chi connectivity index (χ3n) is 2.70. The Kier molecular flexibility index (Phi) is 7.07. The average molecular weight is 268 g/mol. The van der Waals surface area contributed by atoms with Crippen molar-refractivity contribution in [3.05, 3.63) is 35.6 Å². The van der Waals surface area contributed by atoms with Crippen LogP contribution in [0.25, 0.3) is 0 Å². The number of hydrogen-bond donors (Lipinski definition) is 3. The molecule has 0 saturated heterocycles. The zero-order valence-corrected chi connectivity index (χ0v) is 11.2. The summed E-state index contributed by atoms with van der Waals surface area (Å²) in [6.45, 7) is 3.35. The van der Waals surface area contributed by atoms with E-state index in [0.717, 1.165) is 6.42 Å². The predicted molar refractivity (Wildman–Crippen MR) is 72.1 cm³/mol. The van der Waals surface area contributed by atoms with Gasteiger partial charge in [0.05, 0.1) is 6.10 Å². The number of aliphatic hydroxyl groups is 1. The Morgan fingerprint density at radius 2 is 2.11 bits per heavy atom. The maximum absolute atomic E-state index is 13.4. The number of hydrogen-bond acceptors (Lipinski definition) is 3. The van der Waals surface area contributed by atoms with Crippen LogP contribution in [0.4, 0.5) is 4.39 Å². The number of aliphatic hydroxyl groups excluding tert-OH is 1. The van der Waals surface area contributed by atoms with Crippen molar-refractivity contribution >= 4 is 5.91 Å². The Morgan fingerprint density at radius 1 is 1.37 bits per heavy atom. The number of carbonyl (C=O) groups is 1. The number of benzene rings is 1. The molecule has 0 bridgehead atoms. The molecular formula is C14H21FN2O2. The van der Waals surface area contributed by atoms with Crippen LogP contribution in [0.2, 0.25) is 0 Å². The van der Waals surface area contributed by atoms with Crippen molar-refractivity contribution in [1.82, 2.24) is 10.6 Å². The van der Waals surface area contributed by atoms with E-state index < -0.39 is 11.9 Å². The molecule has 0 aliphatic heterocycles. The minimum Gasteiger partial charge on any atom is -0.387 e. The van der Waals surface area contributed by atoms with Crippen LogP contribution in [-0.4, -0.2) is 30.6 Å². The van der Waals surface area contributed by atoms with Crippen LogP contribution in [0.1, 0.15) is 31.4 Å². The third kappa shape index (κ3) is 5.81. The van der Waals surface area contributed by atoms with Gasteiger partial charge in [0.1, 0.15) is 5.82 Å². The van der Waals surface area contributed by atoms with Gasteiger partial charge in [-0.25, -0.2) is 4.39 Å². The van der Waals surface area contributed by atoms with E-state index >= 15 is 0 Å². The first kappa shape index (κ1) is 15.6. The van der Waals surface area contributed by atoms with Crippen LogP contribution in [0, 0.1) is 5.82 Å². The molecular weight excluding hydrogens is 247 g/mol. The molecule has 0 aliphatic rings. The van der Waals surface area contributed by atoms with Crippen LogP contribution >= 0.6 is 0 Å². The van der Waals surface area contributed by atoms with Crippen LogP contribution < -0.4 is 10.6 Å². The van der Waals surface area contributed by atoms with Gasteiger partial charge in [0.2, 0.25) is 5.91 Å². The van der Waals surface area contributed by atoms with Gasteiger partial charge in [0, 0.05) is 31.6 Å². The molecule has 0 saturated carbocycles. The molecule has 1 amide bonds. The molecule has 19 heavy (non-hydrogen) atoms. The van der Waals surface area contributed by atoms with Crippen LogP contribution in [0.15, 0.2) is 24.3 Å². The minimum atomic E-state index is -0.903. The molecule has 0 spiro atoms. The van der Waals surface area contributed by atoms with Crippen molar-refractivity contribution in [3.8, 4) is 0 Å². The highest BCUT2D eigenvalue weighted by atomic mass is 19.1. The second kappa shape index (κ2) is 8.61. The van der Waals surface area contributed by atoms with Gasteiger partial charge in [-0.05, 0) is 12.5 Å². The minimum absolute atomic E-state index is 0.0188. The third-order valence-corrected chi connectivity index (χ3v) is 2.70. The Balaban J connectivity index is 2.23. The fourth-order valence-electron chi connectivity index (χ4n) is 1.65. The molecule has 1 aromatic carbocycles. The Labute approximate surface area is 113 Å². The van der Waals surface area contributed by atoms with E-state index in [4.69, 9.17) is 0 Å². The largest absolute Gasteiger partial charge is 0.387 e. The molecule has 0 aromatic heterocycles. The number of amides is 1. The van der Waals surface area contributed by atoms with E-state index in [0.29, 0.717) is 19.5 Å². The van der Waals surface area contributed by atoms with Crippen molar-refractivity contribution in [1.29, 1.82) is 0 Å². The molecule has 1 unspecified atom stereocenters. The molecule has 0 heterocycles. The maximum Gasteiger partial charge on any atom is 0.221 e.